The first-order chi connectivity index (χ1) is 6.86. The molecule has 1 N–H and O–H groups in total. The molecule has 0 amide bonds. The van der Waals surface area contributed by atoms with E-state index in [0.717, 1.165) is 16.5 Å². The monoisotopic (exact) mass is 229 g/mol. The highest BCUT2D eigenvalue weighted by atomic mass is 32.2. The molecular weight excluding hydrogens is 214 g/mol. The van der Waals surface area contributed by atoms with Crippen LogP contribution in [0.2, 0.25) is 0 Å². The molecule has 0 aliphatic heterocycles. The second-order valence-electron chi connectivity index (χ2n) is 3.72. The van der Waals surface area contributed by atoms with Gasteiger partial charge < -0.3 is 5.11 Å². The molecule has 0 radical (unpaired) electrons. The van der Waals surface area contributed by atoms with Crippen LogP contribution in [0.15, 0.2) is 15.9 Å². The van der Waals surface area contributed by atoms with Crippen LogP contribution in [0, 0.1) is 5.92 Å². The first kappa shape index (κ1) is 10.5. The third-order valence-corrected chi connectivity index (χ3v) is 4.85. The Morgan fingerprint density at radius 2 is 2.36 bits per heavy atom. The summed E-state index contributed by atoms with van der Waals surface area (Å²) in [4.78, 5) is 4.23. The Kier molecular flexibility index (Phi) is 3.84. The Balaban J connectivity index is 1.79. The average molecular weight is 229 g/mol. The van der Waals surface area contributed by atoms with Crippen molar-refractivity contribution < 1.29 is 5.11 Å². The number of thioether (sulfide) groups is 1. The number of thiazole rings is 1. The molecule has 0 saturated heterocycles. The molecular formula is C10H15NOS2. The summed E-state index contributed by atoms with van der Waals surface area (Å²) in [7, 11) is 0. The molecule has 2 unspecified atom stereocenters. The van der Waals surface area contributed by atoms with Gasteiger partial charge in [-0.3, -0.25) is 0 Å². The van der Waals surface area contributed by atoms with Crippen molar-refractivity contribution >= 4 is 23.1 Å². The van der Waals surface area contributed by atoms with Gasteiger partial charge in [0.15, 0.2) is 0 Å². The molecule has 0 bridgehead atoms. The third-order valence-electron chi connectivity index (χ3n) is 2.70. The highest BCUT2D eigenvalue weighted by molar-refractivity contribution is 8.01. The molecule has 1 saturated carbocycles. The molecule has 1 fully saturated rings. The summed E-state index contributed by atoms with van der Waals surface area (Å²) in [6.45, 7) is 0. The predicted octanol–water partition coefficient (Wildman–Crippen LogP) is 2.79. The van der Waals surface area contributed by atoms with Crippen LogP contribution in [0.1, 0.15) is 25.7 Å². The number of rotatable bonds is 3. The Morgan fingerprint density at radius 3 is 3.07 bits per heavy atom. The van der Waals surface area contributed by atoms with Crippen molar-refractivity contribution in [2.24, 2.45) is 5.92 Å². The fourth-order valence-corrected chi connectivity index (χ4v) is 3.73. The lowest BCUT2D eigenvalue weighted by atomic mass is 9.88. The van der Waals surface area contributed by atoms with Gasteiger partial charge >= 0.3 is 0 Å². The summed E-state index contributed by atoms with van der Waals surface area (Å²) in [5, 5.41) is 11.8. The fourth-order valence-electron chi connectivity index (χ4n) is 1.84. The maximum absolute atomic E-state index is 9.77. The number of nitrogens with zero attached hydrogens (tertiary/aromatic N) is 1. The summed E-state index contributed by atoms with van der Waals surface area (Å²) in [6.07, 6.45) is 6.41. The summed E-state index contributed by atoms with van der Waals surface area (Å²) in [5.74, 6) is 1.51. The van der Waals surface area contributed by atoms with Gasteiger partial charge in [-0.2, -0.15) is 0 Å². The van der Waals surface area contributed by atoms with E-state index in [-0.39, 0.29) is 6.10 Å². The molecule has 78 valence electrons. The van der Waals surface area contributed by atoms with Crippen molar-refractivity contribution in [1.82, 2.24) is 4.98 Å². The minimum Gasteiger partial charge on any atom is -0.393 e. The van der Waals surface area contributed by atoms with Crippen LogP contribution >= 0.6 is 23.1 Å². The first-order valence-corrected chi connectivity index (χ1v) is 6.93. The van der Waals surface area contributed by atoms with Gasteiger partial charge in [0.2, 0.25) is 0 Å². The lowest BCUT2D eigenvalue weighted by Gasteiger charge is -2.26. The second-order valence-corrected chi connectivity index (χ2v) is 5.88. The quantitative estimate of drug-likeness (QED) is 0.809. The molecule has 14 heavy (non-hydrogen) atoms. The zero-order valence-electron chi connectivity index (χ0n) is 8.06. The molecule has 2 rings (SSSR count). The van der Waals surface area contributed by atoms with Gasteiger partial charge in [0.25, 0.3) is 0 Å². The van der Waals surface area contributed by atoms with Crippen LogP contribution in [0.4, 0.5) is 0 Å². The Hall–Kier alpha value is -0.0600. The minimum absolute atomic E-state index is 0.0730. The molecule has 4 heteroatoms. The normalized spacial score (nSPS) is 27.8. The van der Waals surface area contributed by atoms with Gasteiger partial charge in [-0.05, 0) is 18.8 Å². The first-order valence-electron chi connectivity index (χ1n) is 5.06. The van der Waals surface area contributed by atoms with Crippen molar-refractivity contribution in [1.29, 1.82) is 0 Å². The molecule has 0 spiro atoms. The lowest BCUT2D eigenvalue weighted by Crippen LogP contribution is -2.26. The minimum atomic E-state index is -0.0730. The average Bonchev–Trinajstić information content (AvgIpc) is 2.69. The number of aliphatic hydroxyl groups excluding tert-OH is 1. The Bertz CT molecular complexity index is 263. The van der Waals surface area contributed by atoms with E-state index in [1.165, 1.54) is 19.3 Å². The van der Waals surface area contributed by atoms with Crippen LogP contribution in [0.25, 0.3) is 0 Å². The van der Waals surface area contributed by atoms with Crippen LogP contribution in [-0.2, 0) is 0 Å². The second kappa shape index (κ2) is 5.14. The van der Waals surface area contributed by atoms with Crippen molar-refractivity contribution in [2.45, 2.75) is 36.1 Å². The van der Waals surface area contributed by atoms with E-state index in [0.29, 0.717) is 5.92 Å². The van der Waals surface area contributed by atoms with Gasteiger partial charge in [-0.1, -0.05) is 24.6 Å². The summed E-state index contributed by atoms with van der Waals surface area (Å²) in [6, 6.07) is 0. The van der Waals surface area contributed by atoms with Gasteiger partial charge in [0, 0.05) is 17.3 Å². The van der Waals surface area contributed by atoms with Gasteiger partial charge in [0.05, 0.1) is 6.10 Å². The largest absolute Gasteiger partial charge is 0.393 e. The zero-order valence-corrected chi connectivity index (χ0v) is 9.69. The SMILES string of the molecule is OC1CCCCC1CSc1nccs1. The fraction of sp³-hybridized carbons (Fsp3) is 0.700. The van der Waals surface area contributed by atoms with Crippen molar-refractivity contribution in [2.75, 3.05) is 5.75 Å². The number of aromatic nitrogens is 1. The van der Waals surface area contributed by atoms with E-state index in [4.69, 9.17) is 0 Å². The summed E-state index contributed by atoms with van der Waals surface area (Å²) >= 11 is 3.47. The van der Waals surface area contributed by atoms with Crippen molar-refractivity contribution in [3.8, 4) is 0 Å². The standard InChI is InChI=1S/C10H15NOS2/c12-9-4-2-1-3-8(9)7-14-10-11-5-6-13-10/h5-6,8-9,12H,1-4,7H2. The van der Waals surface area contributed by atoms with Crippen LogP contribution in [0.5, 0.6) is 0 Å². The molecule has 2 atom stereocenters. The summed E-state index contributed by atoms with van der Waals surface area (Å²) < 4.78 is 1.13. The number of hydrogen-bond acceptors (Lipinski definition) is 4. The summed E-state index contributed by atoms with van der Waals surface area (Å²) in [5.41, 5.74) is 0. The number of hydrogen-bond donors (Lipinski definition) is 1. The van der Waals surface area contributed by atoms with E-state index in [2.05, 4.69) is 4.98 Å². The maximum atomic E-state index is 9.77. The van der Waals surface area contributed by atoms with E-state index in [1.54, 1.807) is 23.1 Å². The van der Waals surface area contributed by atoms with E-state index >= 15 is 0 Å². The third kappa shape index (κ3) is 2.72. The van der Waals surface area contributed by atoms with Crippen LogP contribution < -0.4 is 0 Å². The Morgan fingerprint density at radius 1 is 1.50 bits per heavy atom. The van der Waals surface area contributed by atoms with E-state index in [9.17, 15) is 5.11 Å². The van der Waals surface area contributed by atoms with Crippen molar-refractivity contribution in [3.63, 3.8) is 0 Å². The highest BCUT2D eigenvalue weighted by Crippen LogP contribution is 2.30. The lowest BCUT2D eigenvalue weighted by molar-refractivity contribution is 0.0816. The molecule has 2 nitrogen and oxygen atoms in total. The number of aliphatic hydroxyl groups is 1. The molecule has 1 aliphatic carbocycles. The molecule has 1 aromatic rings. The van der Waals surface area contributed by atoms with Gasteiger partial charge in [-0.15, -0.1) is 11.3 Å². The molecule has 1 aliphatic rings. The van der Waals surface area contributed by atoms with E-state index in [1.807, 2.05) is 11.6 Å². The highest BCUT2D eigenvalue weighted by Gasteiger charge is 2.23. The predicted molar refractivity (Wildman–Crippen MR) is 60.8 cm³/mol. The van der Waals surface area contributed by atoms with Crippen molar-refractivity contribution in [3.05, 3.63) is 11.6 Å². The van der Waals surface area contributed by atoms with Gasteiger partial charge in [0.1, 0.15) is 4.34 Å². The topological polar surface area (TPSA) is 33.1 Å². The molecule has 1 aromatic heterocycles. The van der Waals surface area contributed by atoms with Crippen LogP contribution in [0.3, 0.4) is 0 Å². The molecule has 0 aromatic carbocycles. The Labute approximate surface area is 92.8 Å². The zero-order chi connectivity index (χ0) is 9.80. The molecule has 1 heterocycles. The van der Waals surface area contributed by atoms with Crippen LogP contribution in [-0.4, -0.2) is 21.9 Å². The smallest absolute Gasteiger partial charge is 0.149 e. The maximum Gasteiger partial charge on any atom is 0.149 e. The van der Waals surface area contributed by atoms with Gasteiger partial charge in [-0.25, -0.2) is 4.98 Å². The van der Waals surface area contributed by atoms with E-state index < -0.39 is 0 Å².